The van der Waals surface area contributed by atoms with Crippen molar-refractivity contribution in [2.45, 2.75) is 47.0 Å². The highest BCUT2D eigenvalue weighted by atomic mass is 16.3. The lowest BCUT2D eigenvalue weighted by molar-refractivity contribution is -0.116. The van der Waals surface area contributed by atoms with Crippen LogP contribution in [0.5, 0.6) is 0 Å². The molecule has 92 valence electrons. The standard InChI is InChI=1S/C14H18O3/c1-8(15)7-11-9(2)12-10(17-11)5-6-14(3,4)13(12)16/h5-7H2,1-4H3. The number of rotatable bonds is 2. The van der Waals surface area contributed by atoms with Crippen LogP contribution in [0.4, 0.5) is 0 Å². The molecule has 0 N–H and O–H groups in total. The average molecular weight is 234 g/mol. The summed E-state index contributed by atoms with van der Waals surface area (Å²) < 4.78 is 5.67. The van der Waals surface area contributed by atoms with Crippen molar-refractivity contribution in [2.75, 3.05) is 0 Å². The number of furan rings is 1. The molecule has 0 unspecified atom stereocenters. The summed E-state index contributed by atoms with van der Waals surface area (Å²) in [5.41, 5.74) is 1.26. The minimum absolute atomic E-state index is 0.0610. The molecule has 0 atom stereocenters. The monoisotopic (exact) mass is 234 g/mol. The number of Topliss-reactive ketones (excluding diaryl/α,β-unsaturated/α-hetero) is 2. The van der Waals surface area contributed by atoms with E-state index in [2.05, 4.69) is 0 Å². The highest BCUT2D eigenvalue weighted by Gasteiger charge is 2.38. The van der Waals surface area contributed by atoms with Gasteiger partial charge in [-0.05, 0) is 20.3 Å². The van der Waals surface area contributed by atoms with E-state index < -0.39 is 0 Å². The van der Waals surface area contributed by atoms with Crippen LogP contribution < -0.4 is 0 Å². The molecule has 0 saturated heterocycles. The molecule has 2 rings (SSSR count). The molecule has 1 aliphatic carbocycles. The molecular formula is C14H18O3. The zero-order valence-electron chi connectivity index (χ0n) is 10.8. The lowest BCUT2D eigenvalue weighted by Gasteiger charge is -2.27. The summed E-state index contributed by atoms with van der Waals surface area (Å²) in [6, 6.07) is 0. The topological polar surface area (TPSA) is 47.3 Å². The van der Waals surface area contributed by atoms with Crippen LogP contribution in [0.15, 0.2) is 4.42 Å². The van der Waals surface area contributed by atoms with E-state index in [0.29, 0.717) is 5.76 Å². The largest absolute Gasteiger partial charge is 0.465 e. The van der Waals surface area contributed by atoms with E-state index in [4.69, 9.17) is 4.42 Å². The zero-order valence-corrected chi connectivity index (χ0v) is 10.8. The van der Waals surface area contributed by atoms with Crippen molar-refractivity contribution in [3.05, 3.63) is 22.6 Å². The van der Waals surface area contributed by atoms with Crippen molar-refractivity contribution in [1.82, 2.24) is 0 Å². The minimum atomic E-state index is -0.310. The summed E-state index contributed by atoms with van der Waals surface area (Å²) >= 11 is 0. The van der Waals surface area contributed by atoms with E-state index in [0.717, 1.165) is 29.7 Å². The van der Waals surface area contributed by atoms with Crippen molar-refractivity contribution in [1.29, 1.82) is 0 Å². The first kappa shape index (κ1) is 12.1. The molecule has 1 aromatic rings. The van der Waals surface area contributed by atoms with Gasteiger partial charge >= 0.3 is 0 Å². The average Bonchev–Trinajstić information content (AvgIpc) is 2.50. The van der Waals surface area contributed by atoms with Crippen LogP contribution in [-0.2, 0) is 17.6 Å². The molecule has 0 spiro atoms. The highest BCUT2D eigenvalue weighted by molar-refractivity contribution is 6.03. The normalized spacial score (nSPS) is 18.0. The Kier molecular flexibility index (Phi) is 2.72. The van der Waals surface area contributed by atoms with Gasteiger partial charge in [-0.3, -0.25) is 9.59 Å². The van der Waals surface area contributed by atoms with Gasteiger partial charge in [0.2, 0.25) is 0 Å². The predicted molar refractivity (Wildman–Crippen MR) is 64.3 cm³/mol. The van der Waals surface area contributed by atoms with E-state index in [1.54, 1.807) is 0 Å². The fraction of sp³-hybridized carbons (Fsp3) is 0.571. The van der Waals surface area contributed by atoms with Gasteiger partial charge in [-0.1, -0.05) is 13.8 Å². The van der Waals surface area contributed by atoms with Gasteiger partial charge in [0.05, 0.1) is 12.0 Å². The Hall–Kier alpha value is -1.38. The van der Waals surface area contributed by atoms with Crippen molar-refractivity contribution in [3.8, 4) is 0 Å². The molecule has 0 bridgehead atoms. The van der Waals surface area contributed by atoms with Gasteiger partial charge in [-0.15, -0.1) is 0 Å². The molecule has 0 amide bonds. The van der Waals surface area contributed by atoms with Gasteiger partial charge < -0.3 is 4.42 Å². The van der Waals surface area contributed by atoms with Gasteiger partial charge in [0.1, 0.15) is 17.3 Å². The molecule has 0 fully saturated rings. The molecule has 1 aromatic heterocycles. The maximum atomic E-state index is 12.3. The van der Waals surface area contributed by atoms with Gasteiger partial charge in [0.15, 0.2) is 5.78 Å². The van der Waals surface area contributed by atoms with E-state index in [1.807, 2.05) is 20.8 Å². The van der Waals surface area contributed by atoms with E-state index in [-0.39, 0.29) is 23.4 Å². The quantitative estimate of drug-likeness (QED) is 0.790. The Bertz CT molecular complexity index is 492. The SMILES string of the molecule is CC(=O)Cc1oc2c(c1C)C(=O)C(C)(C)CC2. The smallest absolute Gasteiger partial charge is 0.172 e. The Morgan fingerprint density at radius 1 is 1.41 bits per heavy atom. The van der Waals surface area contributed by atoms with Crippen LogP contribution in [0.1, 0.15) is 54.6 Å². The van der Waals surface area contributed by atoms with Gasteiger partial charge in [0, 0.05) is 17.4 Å². The third-order valence-electron chi connectivity index (χ3n) is 3.55. The van der Waals surface area contributed by atoms with E-state index in [9.17, 15) is 9.59 Å². The maximum absolute atomic E-state index is 12.3. The number of carbonyl (C=O) groups excluding carboxylic acids is 2. The Morgan fingerprint density at radius 2 is 2.06 bits per heavy atom. The fourth-order valence-electron chi connectivity index (χ4n) is 2.37. The summed E-state index contributed by atoms with van der Waals surface area (Å²) in [6.45, 7) is 7.34. The molecule has 1 aliphatic rings. The van der Waals surface area contributed by atoms with Crippen LogP contribution in [-0.4, -0.2) is 11.6 Å². The number of fused-ring (bicyclic) bond motifs is 1. The maximum Gasteiger partial charge on any atom is 0.172 e. The molecule has 3 nitrogen and oxygen atoms in total. The van der Waals surface area contributed by atoms with Gasteiger partial charge in [-0.2, -0.15) is 0 Å². The lowest BCUT2D eigenvalue weighted by atomic mass is 9.74. The van der Waals surface area contributed by atoms with Crippen molar-refractivity contribution in [3.63, 3.8) is 0 Å². The van der Waals surface area contributed by atoms with Crippen LogP contribution in [0.25, 0.3) is 0 Å². The number of ketones is 2. The summed E-state index contributed by atoms with van der Waals surface area (Å²) in [4.78, 5) is 23.5. The first-order valence-corrected chi connectivity index (χ1v) is 5.98. The second kappa shape index (κ2) is 3.83. The third kappa shape index (κ3) is 1.94. The number of hydrogen-bond donors (Lipinski definition) is 0. The highest BCUT2D eigenvalue weighted by Crippen LogP contribution is 2.38. The van der Waals surface area contributed by atoms with E-state index in [1.165, 1.54) is 6.92 Å². The van der Waals surface area contributed by atoms with Gasteiger partial charge in [0.25, 0.3) is 0 Å². The summed E-state index contributed by atoms with van der Waals surface area (Å²) in [5.74, 6) is 1.64. The summed E-state index contributed by atoms with van der Waals surface area (Å²) in [5, 5.41) is 0. The number of carbonyl (C=O) groups is 2. The Balaban J connectivity index is 2.48. The first-order chi connectivity index (χ1) is 7.83. The minimum Gasteiger partial charge on any atom is -0.465 e. The molecule has 0 aliphatic heterocycles. The Labute approximate surface area is 101 Å². The molecule has 0 saturated carbocycles. The first-order valence-electron chi connectivity index (χ1n) is 5.98. The van der Waals surface area contributed by atoms with Gasteiger partial charge in [-0.25, -0.2) is 0 Å². The molecule has 1 heterocycles. The summed E-state index contributed by atoms with van der Waals surface area (Å²) in [6.07, 6.45) is 1.88. The van der Waals surface area contributed by atoms with Crippen molar-refractivity contribution >= 4 is 11.6 Å². The van der Waals surface area contributed by atoms with Crippen molar-refractivity contribution in [2.24, 2.45) is 5.41 Å². The van der Waals surface area contributed by atoms with Crippen LogP contribution in [0.3, 0.4) is 0 Å². The molecule has 17 heavy (non-hydrogen) atoms. The molecule has 0 radical (unpaired) electrons. The lowest BCUT2D eigenvalue weighted by Crippen LogP contribution is -2.30. The molecular weight excluding hydrogens is 216 g/mol. The second-order valence-electron chi connectivity index (χ2n) is 5.54. The van der Waals surface area contributed by atoms with E-state index >= 15 is 0 Å². The summed E-state index contributed by atoms with van der Waals surface area (Å²) in [7, 11) is 0. The fourth-order valence-corrected chi connectivity index (χ4v) is 2.37. The molecule has 0 aromatic carbocycles. The van der Waals surface area contributed by atoms with Crippen molar-refractivity contribution < 1.29 is 14.0 Å². The predicted octanol–water partition coefficient (Wildman–Crippen LogP) is 2.87. The van der Waals surface area contributed by atoms with Crippen LogP contribution >= 0.6 is 0 Å². The number of aryl methyl sites for hydroxylation is 1. The number of hydrogen-bond acceptors (Lipinski definition) is 3. The zero-order chi connectivity index (χ0) is 12.8. The third-order valence-corrected chi connectivity index (χ3v) is 3.55. The molecule has 3 heteroatoms. The van der Waals surface area contributed by atoms with Crippen LogP contribution in [0, 0.1) is 12.3 Å². The Morgan fingerprint density at radius 3 is 2.65 bits per heavy atom. The van der Waals surface area contributed by atoms with Crippen LogP contribution in [0.2, 0.25) is 0 Å². The second-order valence-corrected chi connectivity index (χ2v) is 5.54.